The van der Waals surface area contributed by atoms with Crippen LogP contribution in [0.25, 0.3) is 0 Å². The van der Waals surface area contributed by atoms with Crippen molar-refractivity contribution in [2.75, 3.05) is 6.61 Å². The van der Waals surface area contributed by atoms with Crippen LogP contribution >= 0.6 is 11.3 Å². The van der Waals surface area contributed by atoms with Crippen molar-refractivity contribution >= 4 is 17.3 Å². The fourth-order valence-corrected chi connectivity index (χ4v) is 1.93. The van der Waals surface area contributed by atoms with E-state index in [1.807, 2.05) is 24.4 Å². The number of carbonyl (C=O) groups is 1. The van der Waals surface area contributed by atoms with Gasteiger partial charge in [0.15, 0.2) is 0 Å². The summed E-state index contributed by atoms with van der Waals surface area (Å²) >= 11 is 1.67. The van der Waals surface area contributed by atoms with Gasteiger partial charge < -0.3 is 10.5 Å². The molecule has 0 fully saturated rings. The summed E-state index contributed by atoms with van der Waals surface area (Å²) in [6, 6.07) is 3.56. The van der Waals surface area contributed by atoms with Gasteiger partial charge in [-0.15, -0.1) is 11.3 Å². The number of ether oxygens (including phenoxy) is 1. The molecule has 3 nitrogen and oxygen atoms in total. The first-order valence-electron chi connectivity index (χ1n) is 5.18. The van der Waals surface area contributed by atoms with E-state index in [0.29, 0.717) is 13.0 Å². The molecule has 15 heavy (non-hydrogen) atoms. The lowest BCUT2D eigenvalue weighted by atomic mass is 10.2. The highest BCUT2D eigenvalue weighted by molar-refractivity contribution is 7.09. The third-order valence-corrected chi connectivity index (χ3v) is 3.01. The van der Waals surface area contributed by atoms with Crippen molar-refractivity contribution in [2.45, 2.75) is 32.2 Å². The Bertz CT molecular complexity index is 285. The topological polar surface area (TPSA) is 52.3 Å². The van der Waals surface area contributed by atoms with Gasteiger partial charge in [-0.2, -0.15) is 0 Å². The minimum absolute atomic E-state index is 0.284. The predicted octanol–water partition coefficient (Wildman–Crippen LogP) is 1.96. The van der Waals surface area contributed by atoms with Gasteiger partial charge in [0.2, 0.25) is 0 Å². The van der Waals surface area contributed by atoms with Gasteiger partial charge in [0, 0.05) is 11.3 Å². The highest BCUT2D eigenvalue weighted by atomic mass is 32.1. The molecule has 0 aromatic carbocycles. The maximum atomic E-state index is 11.3. The molecular formula is C11H17NO2S. The van der Waals surface area contributed by atoms with E-state index in [-0.39, 0.29) is 5.97 Å². The van der Waals surface area contributed by atoms with E-state index in [1.165, 1.54) is 4.88 Å². The summed E-state index contributed by atoms with van der Waals surface area (Å²) in [5.41, 5.74) is 5.62. The van der Waals surface area contributed by atoms with E-state index in [4.69, 9.17) is 10.5 Å². The van der Waals surface area contributed by atoms with E-state index >= 15 is 0 Å². The number of nitrogens with two attached hydrogens (primary N) is 1. The number of hydrogen-bond acceptors (Lipinski definition) is 4. The van der Waals surface area contributed by atoms with Gasteiger partial charge in [-0.1, -0.05) is 19.4 Å². The Hall–Kier alpha value is -0.870. The van der Waals surface area contributed by atoms with Gasteiger partial charge >= 0.3 is 5.97 Å². The molecule has 0 bridgehead atoms. The fraction of sp³-hybridized carbons (Fsp3) is 0.545. The average Bonchev–Trinajstić information content (AvgIpc) is 2.71. The number of rotatable bonds is 6. The van der Waals surface area contributed by atoms with Crippen LogP contribution in [0.3, 0.4) is 0 Å². The Labute approximate surface area is 94.2 Å². The normalized spacial score (nSPS) is 12.4. The van der Waals surface area contributed by atoms with Gasteiger partial charge in [0.25, 0.3) is 0 Å². The van der Waals surface area contributed by atoms with Gasteiger partial charge in [-0.3, -0.25) is 4.79 Å². The number of hydrogen-bond donors (Lipinski definition) is 1. The van der Waals surface area contributed by atoms with Crippen molar-refractivity contribution in [2.24, 2.45) is 5.73 Å². The number of carbonyl (C=O) groups excluding carboxylic acids is 1. The minimum atomic E-state index is -0.460. The predicted molar refractivity (Wildman–Crippen MR) is 61.9 cm³/mol. The molecule has 0 aliphatic rings. The second-order valence-corrected chi connectivity index (χ2v) is 4.42. The van der Waals surface area contributed by atoms with Crippen molar-refractivity contribution in [3.05, 3.63) is 22.4 Å². The molecule has 1 aromatic heterocycles. The van der Waals surface area contributed by atoms with Crippen LogP contribution in [-0.2, 0) is 16.0 Å². The Morgan fingerprint density at radius 2 is 2.47 bits per heavy atom. The summed E-state index contributed by atoms with van der Waals surface area (Å²) < 4.78 is 5.07. The first-order valence-corrected chi connectivity index (χ1v) is 6.06. The fourth-order valence-electron chi connectivity index (χ4n) is 1.24. The molecule has 0 radical (unpaired) electrons. The molecule has 0 aliphatic carbocycles. The lowest BCUT2D eigenvalue weighted by Crippen LogP contribution is -2.32. The molecule has 0 spiro atoms. The molecule has 0 amide bonds. The molecule has 0 saturated heterocycles. The van der Waals surface area contributed by atoms with E-state index in [9.17, 15) is 4.79 Å². The second kappa shape index (κ2) is 6.58. The maximum absolute atomic E-state index is 11.3. The van der Waals surface area contributed by atoms with Crippen LogP contribution in [0.15, 0.2) is 17.5 Å². The summed E-state index contributed by atoms with van der Waals surface area (Å²) in [5, 5.41) is 2.01. The van der Waals surface area contributed by atoms with E-state index in [1.54, 1.807) is 11.3 Å². The van der Waals surface area contributed by atoms with Crippen molar-refractivity contribution in [1.82, 2.24) is 0 Å². The lowest BCUT2D eigenvalue weighted by molar-refractivity contribution is -0.145. The third kappa shape index (κ3) is 4.44. The quantitative estimate of drug-likeness (QED) is 0.756. The summed E-state index contributed by atoms with van der Waals surface area (Å²) in [7, 11) is 0. The van der Waals surface area contributed by atoms with Crippen molar-refractivity contribution in [1.29, 1.82) is 0 Å². The molecule has 0 saturated carbocycles. The minimum Gasteiger partial charge on any atom is -0.464 e. The zero-order chi connectivity index (χ0) is 11.1. The largest absolute Gasteiger partial charge is 0.464 e. The molecule has 0 aliphatic heterocycles. The molecule has 2 N–H and O–H groups in total. The molecular weight excluding hydrogens is 210 g/mol. The molecule has 1 heterocycles. The van der Waals surface area contributed by atoms with Crippen LogP contribution in [0.1, 0.15) is 24.6 Å². The average molecular weight is 227 g/mol. The molecule has 84 valence electrons. The van der Waals surface area contributed by atoms with Crippen LogP contribution in [0.4, 0.5) is 0 Å². The molecule has 4 heteroatoms. The number of thiophene rings is 1. The second-order valence-electron chi connectivity index (χ2n) is 3.39. The van der Waals surface area contributed by atoms with E-state index in [2.05, 4.69) is 0 Å². The lowest BCUT2D eigenvalue weighted by Gasteiger charge is -2.09. The van der Waals surface area contributed by atoms with E-state index in [0.717, 1.165) is 12.8 Å². The Kier molecular flexibility index (Phi) is 5.36. The first kappa shape index (κ1) is 12.2. The van der Waals surface area contributed by atoms with Crippen LogP contribution in [0.5, 0.6) is 0 Å². The highest BCUT2D eigenvalue weighted by Gasteiger charge is 2.13. The Morgan fingerprint density at radius 1 is 1.67 bits per heavy atom. The highest BCUT2D eigenvalue weighted by Crippen LogP contribution is 2.09. The first-order chi connectivity index (χ1) is 7.24. The van der Waals surface area contributed by atoms with Crippen molar-refractivity contribution in [3.8, 4) is 0 Å². The summed E-state index contributed by atoms with van der Waals surface area (Å²) in [6.07, 6.45) is 2.38. The summed E-state index contributed by atoms with van der Waals surface area (Å²) in [5.74, 6) is -0.284. The Morgan fingerprint density at radius 3 is 3.07 bits per heavy atom. The van der Waals surface area contributed by atoms with Crippen molar-refractivity contribution < 1.29 is 9.53 Å². The zero-order valence-corrected chi connectivity index (χ0v) is 9.76. The standard InChI is InChI=1S/C11H17NO2S/c1-2-4-10(12)11(13)14-7-6-9-5-3-8-15-9/h3,5,8,10H,2,4,6-7,12H2,1H3/t10-/m0/s1. The van der Waals surface area contributed by atoms with Crippen LogP contribution in [0, 0.1) is 0 Å². The summed E-state index contributed by atoms with van der Waals surface area (Å²) in [4.78, 5) is 12.5. The van der Waals surface area contributed by atoms with Crippen LogP contribution < -0.4 is 5.73 Å². The monoisotopic (exact) mass is 227 g/mol. The van der Waals surface area contributed by atoms with Crippen LogP contribution in [-0.4, -0.2) is 18.6 Å². The third-order valence-electron chi connectivity index (χ3n) is 2.08. The molecule has 0 unspecified atom stereocenters. The maximum Gasteiger partial charge on any atom is 0.322 e. The Balaban J connectivity index is 2.17. The van der Waals surface area contributed by atoms with Gasteiger partial charge in [-0.25, -0.2) is 0 Å². The van der Waals surface area contributed by atoms with E-state index < -0.39 is 6.04 Å². The van der Waals surface area contributed by atoms with Crippen molar-refractivity contribution in [3.63, 3.8) is 0 Å². The van der Waals surface area contributed by atoms with Gasteiger partial charge in [0.05, 0.1) is 6.61 Å². The molecule has 1 aromatic rings. The molecule has 1 atom stereocenters. The molecule has 1 rings (SSSR count). The van der Waals surface area contributed by atoms with Gasteiger partial charge in [-0.05, 0) is 17.9 Å². The summed E-state index contributed by atoms with van der Waals surface area (Å²) in [6.45, 7) is 2.43. The van der Waals surface area contributed by atoms with Gasteiger partial charge in [0.1, 0.15) is 6.04 Å². The smallest absolute Gasteiger partial charge is 0.322 e. The van der Waals surface area contributed by atoms with Crippen LogP contribution in [0.2, 0.25) is 0 Å². The zero-order valence-electron chi connectivity index (χ0n) is 8.94. The SMILES string of the molecule is CCC[C@H](N)C(=O)OCCc1cccs1. The number of esters is 1.